The predicted octanol–water partition coefficient (Wildman–Crippen LogP) is 3.34. The molecule has 2 aromatic rings. The molecule has 8 heteroatoms. The van der Waals surface area contributed by atoms with Crippen LogP contribution in [-0.4, -0.2) is 41.0 Å². The van der Waals surface area contributed by atoms with Crippen molar-refractivity contribution >= 4 is 40.2 Å². The highest BCUT2D eigenvalue weighted by Crippen LogP contribution is 2.21. The molecule has 2 rings (SSSR count). The molecule has 0 saturated carbocycles. The number of amides is 1. The van der Waals surface area contributed by atoms with Crippen molar-refractivity contribution in [1.29, 1.82) is 0 Å². The molecule has 0 spiro atoms. The van der Waals surface area contributed by atoms with E-state index in [9.17, 15) is 9.59 Å². The maximum Gasteiger partial charge on any atom is 0.262 e. The highest BCUT2D eigenvalue weighted by molar-refractivity contribution is 7.99. The number of carbonyl (C=O) groups is 1. The van der Waals surface area contributed by atoms with E-state index in [1.54, 1.807) is 29.9 Å². The fourth-order valence-corrected chi connectivity index (χ4v) is 3.61. The third-order valence-corrected chi connectivity index (χ3v) is 5.18. The molecule has 1 unspecified atom stereocenters. The van der Waals surface area contributed by atoms with Crippen LogP contribution in [0.25, 0.3) is 10.9 Å². The Morgan fingerprint density at radius 1 is 1.37 bits per heavy atom. The molecule has 1 aromatic carbocycles. The first-order valence-electron chi connectivity index (χ1n) is 8.93. The lowest BCUT2D eigenvalue weighted by Crippen LogP contribution is -2.36. The number of hydrogen-bond acceptors (Lipinski definition) is 5. The first-order chi connectivity index (χ1) is 12.8. The number of methoxy groups -OCH3 is 1. The monoisotopic (exact) mass is 411 g/mol. The van der Waals surface area contributed by atoms with Gasteiger partial charge in [-0.15, -0.1) is 0 Å². The van der Waals surface area contributed by atoms with E-state index < -0.39 is 0 Å². The Morgan fingerprint density at radius 2 is 2.11 bits per heavy atom. The smallest absolute Gasteiger partial charge is 0.262 e. The van der Waals surface area contributed by atoms with Crippen LogP contribution in [0, 0.1) is 5.92 Å². The summed E-state index contributed by atoms with van der Waals surface area (Å²) in [4.78, 5) is 29.7. The maximum atomic E-state index is 12.9. The van der Waals surface area contributed by atoms with Gasteiger partial charge in [0.2, 0.25) is 5.91 Å². The summed E-state index contributed by atoms with van der Waals surface area (Å²) in [5.74, 6) is 0.503. The molecule has 1 heterocycles. The standard InChI is InChI=1S/C19H26ClN3O3S/c1-12(2)7-8-23-18(25)15-6-5-14(20)9-16(15)22-19(23)27-11-17(24)21-13(3)10-26-4/h5-6,9,12-13H,7-8,10-11H2,1-4H3,(H,21,24). The normalized spacial score (nSPS) is 12.5. The number of nitrogens with zero attached hydrogens (tertiary/aromatic N) is 2. The lowest BCUT2D eigenvalue weighted by Gasteiger charge is -2.15. The van der Waals surface area contributed by atoms with Gasteiger partial charge in [0.15, 0.2) is 5.16 Å². The second-order valence-corrected chi connectivity index (χ2v) is 8.29. The zero-order valence-corrected chi connectivity index (χ0v) is 17.7. The van der Waals surface area contributed by atoms with E-state index >= 15 is 0 Å². The van der Waals surface area contributed by atoms with Crippen LogP contribution in [0.1, 0.15) is 27.2 Å². The van der Waals surface area contributed by atoms with Gasteiger partial charge in [0, 0.05) is 24.7 Å². The molecule has 0 aliphatic carbocycles. The molecule has 1 atom stereocenters. The fourth-order valence-electron chi connectivity index (χ4n) is 2.61. The minimum atomic E-state index is -0.125. The largest absolute Gasteiger partial charge is 0.383 e. The summed E-state index contributed by atoms with van der Waals surface area (Å²) in [6, 6.07) is 4.99. The highest BCUT2D eigenvalue weighted by Gasteiger charge is 2.15. The van der Waals surface area contributed by atoms with E-state index in [1.165, 1.54) is 11.8 Å². The van der Waals surface area contributed by atoms with Gasteiger partial charge >= 0.3 is 0 Å². The Morgan fingerprint density at radius 3 is 2.78 bits per heavy atom. The van der Waals surface area contributed by atoms with Crippen LogP contribution < -0.4 is 10.9 Å². The number of hydrogen-bond donors (Lipinski definition) is 1. The third-order valence-electron chi connectivity index (χ3n) is 3.97. The first kappa shape index (κ1) is 21.7. The fraction of sp³-hybridized carbons (Fsp3) is 0.526. The van der Waals surface area contributed by atoms with E-state index in [4.69, 9.17) is 16.3 Å². The Hall–Kier alpha value is -1.57. The highest BCUT2D eigenvalue weighted by atomic mass is 35.5. The summed E-state index contributed by atoms with van der Waals surface area (Å²) < 4.78 is 6.68. The van der Waals surface area contributed by atoms with Gasteiger partial charge in [-0.3, -0.25) is 14.2 Å². The molecule has 1 N–H and O–H groups in total. The third kappa shape index (κ3) is 6.23. The molecule has 0 radical (unpaired) electrons. The van der Waals surface area contributed by atoms with E-state index in [0.717, 1.165) is 6.42 Å². The number of benzene rings is 1. The second-order valence-electron chi connectivity index (χ2n) is 6.91. The van der Waals surface area contributed by atoms with E-state index in [1.807, 2.05) is 6.92 Å². The van der Waals surface area contributed by atoms with Gasteiger partial charge in [-0.2, -0.15) is 0 Å². The number of ether oxygens (including phenoxy) is 1. The van der Waals surface area contributed by atoms with Gasteiger partial charge in [-0.25, -0.2) is 4.98 Å². The van der Waals surface area contributed by atoms with Crippen LogP contribution >= 0.6 is 23.4 Å². The summed E-state index contributed by atoms with van der Waals surface area (Å²) in [6.07, 6.45) is 0.852. The van der Waals surface area contributed by atoms with Gasteiger partial charge in [0.05, 0.1) is 23.3 Å². The Bertz CT molecular complexity index is 854. The van der Waals surface area contributed by atoms with Crippen molar-refractivity contribution in [2.24, 2.45) is 5.92 Å². The van der Waals surface area contributed by atoms with E-state index in [-0.39, 0.29) is 23.3 Å². The molecule has 0 aliphatic rings. The lowest BCUT2D eigenvalue weighted by molar-refractivity contribution is -0.119. The topological polar surface area (TPSA) is 73.2 Å². The number of rotatable bonds is 9. The molecular formula is C19H26ClN3O3S. The number of fused-ring (bicyclic) bond motifs is 1. The number of nitrogens with one attached hydrogen (secondary N) is 1. The predicted molar refractivity (Wildman–Crippen MR) is 111 cm³/mol. The van der Waals surface area contributed by atoms with Crippen molar-refractivity contribution in [3.8, 4) is 0 Å². The average molecular weight is 412 g/mol. The van der Waals surface area contributed by atoms with Crippen LogP contribution in [0.5, 0.6) is 0 Å². The quantitative estimate of drug-likeness (QED) is 0.506. The van der Waals surface area contributed by atoms with Gasteiger partial charge in [-0.1, -0.05) is 37.2 Å². The molecule has 0 aliphatic heterocycles. The maximum absolute atomic E-state index is 12.9. The van der Waals surface area contributed by atoms with Crippen molar-refractivity contribution in [2.75, 3.05) is 19.5 Å². The molecule has 27 heavy (non-hydrogen) atoms. The second kappa shape index (κ2) is 10.1. The average Bonchev–Trinajstić information content (AvgIpc) is 2.59. The SMILES string of the molecule is COCC(C)NC(=O)CSc1nc2cc(Cl)ccc2c(=O)n1CCC(C)C. The van der Waals surface area contributed by atoms with Gasteiger partial charge in [0.25, 0.3) is 5.56 Å². The first-order valence-corrected chi connectivity index (χ1v) is 10.3. The number of thioether (sulfide) groups is 1. The van der Waals surface area contributed by atoms with Crippen molar-refractivity contribution in [3.63, 3.8) is 0 Å². The minimum absolute atomic E-state index is 0.0744. The molecule has 0 saturated heterocycles. The van der Waals surface area contributed by atoms with Gasteiger partial charge in [0.1, 0.15) is 0 Å². The Balaban J connectivity index is 2.27. The van der Waals surface area contributed by atoms with E-state index in [2.05, 4.69) is 24.1 Å². The van der Waals surface area contributed by atoms with Gasteiger partial charge < -0.3 is 10.1 Å². The van der Waals surface area contributed by atoms with Crippen molar-refractivity contribution in [3.05, 3.63) is 33.6 Å². The summed E-state index contributed by atoms with van der Waals surface area (Å²) in [5.41, 5.74) is 0.442. The molecule has 6 nitrogen and oxygen atoms in total. The molecule has 0 bridgehead atoms. The summed E-state index contributed by atoms with van der Waals surface area (Å²) in [7, 11) is 1.59. The van der Waals surface area contributed by atoms with Crippen LogP contribution in [0.15, 0.2) is 28.2 Å². The van der Waals surface area contributed by atoms with Crippen molar-refractivity contribution < 1.29 is 9.53 Å². The Labute approximate surface area is 168 Å². The summed E-state index contributed by atoms with van der Waals surface area (Å²) in [6.45, 7) is 7.10. The summed E-state index contributed by atoms with van der Waals surface area (Å²) >= 11 is 7.31. The van der Waals surface area contributed by atoms with Crippen molar-refractivity contribution in [2.45, 2.75) is 44.9 Å². The van der Waals surface area contributed by atoms with Gasteiger partial charge in [-0.05, 0) is 37.5 Å². The van der Waals surface area contributed by atoms with Crippen LogP contribution in [0.4, 0.5) is 0 Å². The Kier molecular flexibility index (Phi) is 8.13. The van der Waals surface area contributed by atoms with Crippen molar-refractivity contribution in [1.82, 2.24) is 14.9 Å². The van der Waals surface area contributed by atoms with Crippen LogP contribution in [0.2, 0.25) is 5.02 Å². The molecule has 1 aromatic heterocycles. The zero-order chi connectivity index (χ0) is 20.0. The molecule has 148 valence electrons. The van der Waals surface area contributed by atoms with Crippen LogP contribution in [-0.2, 0) is 16.1 Å². The van der Waals surface area contributed by atoms with E-state index in [0.29, 0.717) is 40.2 Å². The lowest BCUT2D eigenvalue weighted by atomic mass is 10.1. The molecule has 0 fully saturated rings. The zero-order valence-electron chi connectivity index (χ0n) is 16.1. The molecule has 1 amide bonds. The summed E-state index contributed by atoms with van der Waals surface area (Å²) in [5, 5.41) is 4.45. The number of carbonyl (C=O) groups excluding carboxylic acids is 1. The minimum Gasteiger partial charge on any atom is -0.383 e. The van der Waals surface area contributed by atoms with Crippen LogP contribution in [0.3, 0.4) is 0 Å². The number of aromatic nitrogens is 2. The number of halogens is 1. The molecular weight excluding hydrogens is 386 g/mol.